The maximum absolute atomic E-state index is 12.5. The zero-order valence-corrected chi connectivity index (χ0v) is 12.3. The Morgan fingerprint density at radius 2 is 1.80 bits per heavy atom. The molecule has 0 aliphatic rings. The minimum Gasteiger partial charge on any atom is -0.292 e. The smallest absolute Gasteiger partial charge is 0.182 e. The number of aromatic nitrogens is 1. The van der Waals surface area contributed by atoms with E-state index in [9.17, 15) is 4.79 Å². The molecular weight excluding hydrogens is 246 g/mol. The summed E-state index contributed by atoms with van der Waals surface area (Å²) in [5.74, 6) is 0.793. The van der Waals surface area contributed by atoms with E-state index in [4.69, 9.17) is 0 Å². The lowest BCUT2D eigenvalue weighted by Crippen LogP contribution is -2.14. The molecular formula is C18H21NO. The Morgan fingerprint density at radius 3 is 2.40 bits per heavy atom. The van der Waals surface area contributed by atoms with Gasteiger partial charge in [-0.2, -0.15) is 0 Å². The van der Waals surface area contributed by atoms with Gasteiger partial charge in [-0.3, -0.25) is 9.78 Å². The Labute approximate surface area is 120 Å². The minimum absolute atomic E-state index is 0.130. The molecule has 0 saturated heterocycles. The Bertz CT molecular complexity index is 575. The van der Waals surface area contributed by atoms with Gasteiger partial charge in [-0.25, -0.2) is 0 Å². The van der Waals surface area contributed by atoms with Gasteiger partial charge in [0.15, 0.2) is 5.78 Å². The van der Waals surface area contributed by atoms with Gasteiger partial charge in [0.2, 0.25) is 0 Å². The molecule has 2 nitrogen and oxygen atoms in total. The number of nitrogens with zero attached hydrogens (tertiary/aromatic N) is 1. The molecule has 0 saturated carbocycles. The van der Waals surface area contributed by atoms with Gasteiger partial charge >= 0.3 is 0 Å². The van der Waals surface area contributed by atoms with E-state index in [2.05, 4.69) is 31.0 Å². The highest BCUT2D eigenvalue weighted by Gasteiger charge is 2.21. The summed E-state index contributed by atoms with van der Waals surface area (Å²) in [6, 6.07) is 14.1. The van der Waals surface area contributed by atoms with Crippen LogP contribution >= 0.6 is 0 Å². The van der Waals surface area contributed by atoms with Crippen LogP contribution in [0.15, 0.2) is 48.7 Å². The molecule has 0 N–H and O–H groups in total. The summed E-state index contributed by atoms with van der Waals surface area (Å²) in [4.78, 5) is 16.7. The van der Waals surface area contributed by atoms with E-state index in [-0.39, 0.29) is 11.7 Å². The highest BCUT2D eigenvalue weighted by molar-refractivity contribution is 5.96. The Morgan fingerprint density at radius 1 is 1.10 bits per heavy atom. The predicted molar refractivity (Wildman–Crippen MR) is 81.9 cm³/mol. The predicted octanol–water partition coefficient (Wildman–Crippen LogP) is 4.40. The minimum atomic E-state index is 0.130. The van der Waals surface area contributed by atoms with Crippen molar-refractivity contribution >= 4 is 5.78 Å². The van der Waals surface area contributed by atoms with E-state index in [0.717, 1.165) is 5.56 Å². The first-order chi connectivity index (χ1) is 9.59. The third-order valence-corrected chi connectivity index (χ3v) is 3.71. The monoisotopic (exact) mass is 267 g/mol. The zero-order valence-electron chi connectivity index (χ0n) is 12.3. The second-order valence-electron chi connectivity index (χ2n) is 5.56. The molecule has 0 bridgehead atoms. The number of benzene rings is 1. The molecule has 1 aromatic carbocycles. The number of rotatable bonds is 5. The van der Waals surface area contributed by atoms with Crippen LogP contribution in [-0.2, 0) is 0 Å². The maximum Gasteiger partial charge on any atom is 0.182 e. The van der Waals surface area contributed by atoms with Crippen LogP contribution in [0, 0.1) is 12.8 Å². The fraction of sp³-hybridized carbons (Fsp3) is 0.333. The van der Waals surface area contributed by atoms with E-state index in [1.807, 2.05) is 37.3 Å². The Hall–Kier alpha value is -1.96. The molecule has 2 rings (SSSR count). The standard InChI is InChI=1S/C18H21NO/c1-13(2)16(15-9-5-4-6-10-15)12-17(20)18-14(3)8-7-11-19-18/h4-11,13,16H,12H2,1-3H3. The fourth-order valence-electron chi connectivity index (χ4n) is 2.51. The van der Waals surface area contributed by atoms with Crippen molar-refractivity contribution in [3.05, 3.63) is 65.5 Å². The molecule has 2 heteroatoms. The molecule has 0 aliphatic carbocycles. The molecule has 0 aliphatic heterocycles. The van der Waals surface area contributed by atoms with Crippen molar-refractivity contribution in [3.8, 4) is 0 Å². The topological polar surface area (TPSA) is 30.0 Å². The third kappa shape index (κ3) is 3.32. The SMILES string of the molecule is Cc1cccnc1C(=O)CC(c1ccccc1)C(C)C. The number of ketones is 1. The van der Waals surface area contributed by atoms with E-state index < -0.39 is 0 Å². The average molecular weight is 267 g/mol. The van der Waals surface area contributed by atoms with Crippen molar-refractivity contribution in [2.75, 3.05) is 0 Å². The summed E-state index contributed by atoms with van der Waals surface area (Å²) in [5, 5.41) is 0. The molecule has 0 amide bonds. The maximum atomic E-state index is 12.5. The van der Waals surface area contributed by atoms with Crippen LogP contribution < -0.4 is 0 Å². The lowest BCUT2D eigenvalue weighted by molar-refractivity contribution is 0.0961. The number of pyridine rings is 1. The van der Waals surface area contributed by atoms with Crippen LogP contribution in [0.2, 0.25) is 0 Å². The van der Waals surface area contributed by atoms with E-state index >= 15 is 0 Å². The van der Waals surface area contributed by atoms with E-state index in [0.29, 0.717) is 18.0 Å². The van der Waals surface area contributed by atoms with Crippen molar-refractivity contribution in [1.82, 2.24) is 4.98 Å². The number of aryl methyl sites for hydroxylation is 1. The lowest BCUT2D eigenvalue weighted by atomic mass is 9.83. The van der Waals surface area contributed by atoms with Crippen LogP contribution in [0.3, 0.4) is 0 Å². The summed E-state index contributed by atoms with van der Waals surface area (Å²) in [6.07, 6.45) is 2.20. The largest absolute Gasteiger partial charge is 0.292 e. The molecule has 1 unspecified atom stereocenters. The molecule has 104 valence electrons. The Balaban J connectivity index is 2.22. The molecule has 2 aromatic rings. The normalized spacial score (nSPS) is 12.4. The third-order valence-electron chi connectivity index (χ3n) is 3.71. The molecule has 0 spiro atoms. The van der Waals surface area contributed by atoms with Crippen LogP contribution in [-0.4, -0.2) is 10.8 Å². The van der Waals surface area contributed by atoms with Crippen LogP contribution in [0.5, 0.6) is 0 Å². The number of carbonyl (C=O) groups is 1. The van der Waals surface area contributed by atoms with Gasteiger partial charge in [-0.05, 0) is 36.0 Å². The highest BCUT2D eigenvalue weighted by atomic mass is 16.1. The van der Waals surface area contributed by atoms with Crippen LogP contribution in [0.25, 0.3) is 0 Å². The molecule has 1 aromatic heterocycles. The second kappa shape index (κ2) is 6.47. The van der Waals surface area contributed by atoms with Gasteiger partial charge in [-0.1, -0.05) is 50.2 Å². The van der Waals surface area contributed by atoms with Gasteiger partial charge in [-0.15, -0.1) is 0 Å². The zero-order chi connectivity index (χ0) is 14.5. The summed E-state index contributed by atoms with van der Waals surface area (Å²) in [6.45, 7) is 6.26. The number of hydrogen-bond donors (Lipinski definition) is 0. The Kier molecular flexibility index (Phi) is 4.67. The van der Waals surface area contributed by atoms with E-state index in [1.54, 1.807) is 6.20 Å². The van der Waals surface area contributed by atoms with Crippen molar-refractivity contribution in [2.45, 2.75) is 33.1 Å². The van der Waals surface area contributed by atoms with Crippen molar-refractivity contribution < 1.29 is 4.79 Å². The summed E-state index contributed by atoms with van der Waals surface area (Å²) in [7, 11) is 0. The summed E-state index contributed by atoms with van der Waals surface area (Å²) >= 11 is 0. The molecule has 0 radical (unpaired) electrons. The van der Waals surface area contributed by atoms with Crippen molar-refractivity contribution in [1.29, 1.82) is 0 Å². The number of Topliss-reactive ketones (excluding diaryl/α,β-unsaturated/α-hetero) is 1. The van der Waals surface area contributed by atoms with Gasteiger partial charge in [0.05, 0.1) is 0 Å². The first-order valence-electron chi connectivity index (χ1n) is 7.09. The van der Waals surface area contributed by atoms with Crippen molar-refractivity contribution in [2.24, 2.45) is 5.92 Å². The van der Waals surface area contributed by atoms with Crippen molar-refractivity contribution in [3.63, 3.8) is 0 Å². The second-order valence-corrected chi connectivity index (χ2v) is 5.56. The highest BCUT2D eigenvalue weighted by Crippen LogP contribution is 2.29. The summed E-state index contributed by atoms with van der Waals surface area (Å²) in [5.41, 5.74) is 2.78. The van der Waals surface area contributed by atoms with Crippen LogP contribution in [0.1, 0.15) is 47.8 Å². The molecule has 1 heterocycles. The lowest BCUT2D eigenvalue weighted by Gasteiger charge is -2.20. The number of carbonyl (C=O) groups excluding carboxylic acids is 1. The van der Waals surface area contributed by atoms with Gasteiger partial charge in [0, 0.05) is 12.6 Å². The van der Waals surface area contributed by atoms with Gasteiger partial charge in [0.1, 0.15) is 5.69 Å². The van der Waals surface area contributed by atoms with Crippen LogP contribution in [0.4, 0.5) is 0 Å². The number of hydrogen-bond acceptors (Lipinski definition) is 2. The molecule has 0 fully saturated rings. The van der Waals surface area contributed by atoms with Gasteiger partial charge < -0.3 is 0 Å². The van der Waals surface area contributed by atoms with Gasteiger partial charge in [0.25, 0.3) is 0 Å². The molecule has 1 atom stereocenters. The molecule has 20 heavy (non-hydrogen) atoms. The first kappa shape index (κ1) is 14.4. The fourth-order valence-corrected chi connectivity index (χ4v) is 2.51. The quantitative estimate of drug-likeness (QED) is 0.751. The first-order valence-corrected chi connectivity index (χ1v) is 7.09. The van der Waals surface area contributed by atoms with E-state index in [1.165, 1.54) is 5.56 Å². The average Bonchev–Trinajstić information content (AvgIpc) is 2.45. The summed E-state index contributed by atoms with van der Waals surface area (Å²) < 4.78 is 0.